The molecule has 0 aliphatic carbocycles. The molecule has 0 bridgehead atoms. The van der Waals surface area contributed by atoms with Crippen molar-refractivity contribution in [2.24, 2.45) is 0 Å². The molecule has 0 fully saturated rings. The molecule has 1 aromatic carbocycles. The van der Waals surface area contributed by atoms with Crippen LogP contribution in [0.5, 0.6) is 5.75 Å². The van der Waals surface area contributed by atoms with Gasteiger partial charge < -0.3 is 4.74 Å². The third kappa shape index (κ3) is 6.06. The normalized spacial score (nSPS) is 12.2. The van der Waals surface area contributed by atoms with Crippen molar-refractivity contribution in [3.63, 3.8) is 0 Å². The van der Waals surface area contributed by atoms with Crippen LogP contribution in [0.4, 0.5) is 0 Å². The Morgan fingerprint density at radius 3 is 2.73 bits per heavy atom. The Balaban J connectivity index is 2.02. The van der Waals surface area contributed by atoms with Gasteiger partial charge in [0, 0.05) is 11.8 Å². The zero-order valence-corrected chi connectivity index (χ0v) is 16.1. The Morgan fingerprint density at radius 2 is 2.12 bits per heavy atom. The summed E-state index contributed by atoms with van der Waals surface area (Å²) in [6.45, 7) is 6.47. The molecular weight excluding hydrogens is 344 g/mol. The number of hydrogen-bond acceptors (Lipinski definition) is 3. The molecule has 2 aromatic rings. The van der Waals surface area contributed by atoms with Crippen molar-refractivity contribution in [1.82, 2.24) is 4.98 Å². The molecule has 1 unspecified atom stereocenters. The molecule has 3 nitrogen and oxygen atoms in total. The molecular formula is C22H23ClN2O. The molecule has 1 heterocycles. The van der Waals surface area contributed by atoms with Crippen molar-refractivity contribution >= 4 is 11.6 Å². The summed E-state index contributed by atoms with van der Waals surface area (Å²) in [6.07, 6.45) is 6.38. The quantitative estimate of drug-likeness (QED) is 0.431. The maximum absolute atomic E-state index is 9.19. The van der Waals surface area contributed by atoms with Crippen LogP contribution < -0.4 is 4.74 Å². The number of nitriles is 1. The molecule has 0 N–H and O–H groups in total. The molecule has 2 rings (SSSR count). The van der Waals surface area contributed by atoms with E-state index >= 15 is 0 Å². The zero-order valence-electron chi connectivity index (χ0n) is 15.4. The first-order chi connectivity index (χ1) is 12.5. The minimum atomic E-state index is 0.256. The molecule has 0 saturated carbocycles. The number of allylic oxidation sites excluding steroid dienone is 4. The van der Waals surface area contributed by atoms with E-state index < -0.39 is 0 Å². The molecule has 134 valence electrons. The van der Waals surface area contributed by atoms with E-state index in [2.05, 4.69) is 18.0 Å². The van der Waals surface area contributed by atoms with Crippen LogP contribution >= 0.6 is 11.6 Å². The van der Waals surface area contributed by atoms with E-state index in [0.717, 1.165) is 23.3 Å². The Hall–Kier alpha value is -2.57. The van der Waals surface area contributed by atoms with Crippen molar-refractivity contribution in [2.75, 3.05) is 0 Å². The molecule has 26 heavy (non-hydrogen) atoms. The molecule has 1 aromatic heterocycles. The van der Waals surface area contributed by atoms with Crippen molar-refractivity contribution in [2.45, 2.75) is 39.7 Å². The summed E-state index contributed by atoms with van der Waals surface area (Å²) in [7, 11) is 0. The van der Waals surface area contributed by atoms with Gasteiger partial charge in [0.2, 0.25) is 0 Å². The van der Waals surface area contributed by atoms with E-state index in [9.17, 15) is 5.26 Å². The molecule has 0 spiro atoms. The topological polar surface area (TPSA) is 45.9 Å². The van der Waals surface area contributed by atoms with Gasteiger partial charge in [0.15, 0.2) is 0 Å². The van der Waals surface area contributed by atoms with Gasteiger partial charge in [0.05, 0.1) is 16.8 Å². The van der Waals surface area contributed by atoms with Crippen molar-refractivity contribution in [1.29, 1.82) is 5.26 Å². The minimum Gasteiger partial charge on any atom is -0.486 e. The Labute approximate surface area is 160 Å². The summed E-state index contributed by atoms with van der Waals surface area (Å²) in [5.74, 6) is 0.900. The van der Waals surface area contributed by atoms with Crippen LogP contribution in [0.15, 0.2) is 65.9 Å². The van der Waals surface area contributed by atoms with E-state index in [1.165, 1.54) is 0 Å². The van der Waals surface area contributed by atoms with Crippen LogP contribution in [0, 0.1) is 11.3 Å². The predicted molar refractivity (Wildman–Crippen MR) is 106 cm³/mol. The monoisotopic (exact) mass is 366 g/mol. The second-order valence-electron chi connectivity index (χ2n) is 6.43. The van der Waals surface area contributed by atoms with Gasteiger partial charge in [-0.3, -0.25) is 4.98 Å². The first-order valence-electron chi connectivity index (χ1n) is 8.57. The van der Waals surface area contributed by atoms with Crippen LogP contribution in [0.25, 0.3) is 0 Å². The average Bonchev–Trinajstić information content (AvgIpc) is 2.64. The Morgan fingerprint density at radius 1 is 1.31 bits per heavy atom. The van der Waals surface area contributed by atoms with Crippen LogP contribution in [0.2, 0.25) is 5.02 Å². The number of hydrogen-bond donors (Lipinski definition) is 0. The van der Waals surface area contributed by atoms with Gasteiger partial charge in [-0.2, -0.15) is 5.26 Å². The van der Waals surface area contributed by atoms with Crippen LogP contribution in [0.1, 0.15) is 44.4 Å². The predicted octanol–water partition coefficient (Wildman–Crippen LogP) is 6.22. The van der Waals surface area contributed by atoms with Gasteiger partial charge >= 0.3 is 0 Å². The summed E-state index contributed by atoms with van der Waals surface area (Å²) in [5.41, 5.74) is 3.78. The smallest absolute Gasteiger partial charge is 0.138 e. The van der Waals surface area contributed by atoms with Crippen LogP contribution in [0.3, 0.4) is 0 Å². The minimum absolute atomic E-state index is 0.256. The summed E-state index contributed by atoms with van der Waals surface area (Å²) >= 11 is 6.38. The molecule has 0 amide bonds. The number of rotatable bonds is 7. The first kappa shape index (κ1) is 19.8. The highest BCUT2D eigenvalue weighted by Gasteiger charge is 2.09. The SMILES string of the molecule is CC(C)=CC(C#N)=CCC(C)c1ccc(OCc2ccccn2)c(Cl)c1. The number of nitrogens with zero attached hydrogens (tertiary/aromatic N) is 2. The first-order valence-corrected chi connectivity index (χ1v) is 8.94. The highest BCUT2D eigenvalue weighted by molar-refractivity contribution is 6.32. The molecule has 0 radical (unpaired) electrons. The third-order valence-electron chi connectivity index (χ3n) is 3.89. The summed E-state index contributed by atoms with van der Waals surface area (Å²) in [5, 5.41) is 9.77. The lowest BCUT2D eigenvalue weighted by Gasteiger charge is -2.13. The maximum Gasteiger partial charge on any atom is 0.138 e. The summed E-state index contributed by atoms with van der Waals surface area (Å²) < 4.78 is 5.76. The van der Waals surface area contributed by atoms with E-state index in [0.29, 0.717) is 23.0 Å². The summed E-state index contributed by atoms with van der Waals surface area (Å²) in [4.78, 5) is 4.23. The highest BCUT2D eigenvalue weighted by atomic mass is 35.5. The van der Waals surface area contributed by atoms with Gasteiger partial charge in [0.1, 0.15) is 12.4 Å². The number of halogens is 1. The number of benzene rings is 1. The Kier molecular flexibility index (Phi) is 7.44. The van der Waals surface area contributed by atoms with Gasteiger partial charge in [0.25, 0.3) is 0 Å². The van der Waals surface area contributed by atoms with E-state index in [1.54, 1.807) is 6.20 Å². The lowest BCUT2D eigenvalue weighted by atomic mass is 9.96. The van der Waals surface area contributed by atoms with Crippen molar-refractivity contribution < 1.29 is 4.74 Å². The number of aromatic nitrogens is 1. The van der Waals surface area contributed by atoms with Crippen LogP contribution in [-0.2, 0) is 6.61 Å². The standard InChI is InChI=1S/C22H23ClN2O/c1-16(2)12-18(14-24)8-7-17(3)19-9-10-22(21(23)13-19)26-15-20-6-4-5-11-25-20/h4-6,8-13,17H,7,15H2,1-3H3. The number of pyridine rings is 1. The maximum atomic E-state index is 9.19. The van der Waals surface area contributed by atoms with E-state index in [4.69, 9.17) is 16.3 Å². The fraction of sp³-hybridized carbons (Fsp3) is 0.273. The van der Waals surface area contributed by atoms with E-state index in [1.807, 2.05) is 62.4 Å². The van der Waals surface area contributed by atoms with Gasteiger partial charge in [-0.25, -0.2) is 0 Å². The van der Waals surface area contributed by atoms with Crippen LogP contribution in [-0.4, -0.2) is 4.98 Å². The lowest BCUT2D eigenvalue weighted by molar-refractivity contribution is 0.301. The summed E-state index contributed by atoms with van der Waals surface area (Å²) in [6, 6.07) is 13.8. The van der Waals surface area contributed by atoms with Gasteiger partial charge in [-0.1, -0.05) is 42.3 Å². The lowest BCUT2D eigenvalue weighted by Crippen LogP contribution is -1.99. The number of ether oxygens (including phenoxy) is 1. The van der Waals surface area contributed by atoms with E-state index in [-0.39, 0.29) is 5.92 Å². The van der Waals surface area contributed by atoms with Crippen molar-refractivity contribution in [3.8, 4) is 11.8 Å². The zero-order chi connectivity index (χ0) is 18.9. The van der Waals surface area contributed by atoms with Crippen molar-refractivity contribution in [3.05, 3.63) is 82.2 Å². The molecule has 0 saturated heterocycles. The molecule has 0 aliphatic rings. The molecule has 1 atom stereocenters. The van der Waals surface area contributed by atoms with Gasteiger partial charge in [-0.05, 0) is 62.1 Å². The Bertz CT molecular complexity index is 831. The largest absolute Gasteiger partial charge is 0.486 e. The second-order valence-corrected chi connectivity index (χ2v) is 6.84. The van der Waals surface area contributed by atoms with Gasteiger partial charge in [-0.15, -0.1) is 0 Å². The average molecular weight is 367 g/mol. The highest BCUT2D eigenvalue weighted by Crippen LogP contribution is 2.30. The fourth-order valence-electron chi connectivity index (χ4n) is 2.46. The molecule has 4 heteroatoms. The third-order valence-corrected chi connectivity index (χ3v) is 4.19. The fourth-order valence-corrected chi connectivity index (χ4v) is 2.71. The second kappa shape index (κ2) is 9.79. The molecule has 0 aliphatic heterocycles.